The number of hydrogen-bond donors (Lipinski definition) is 2. The van der Waals surface area contributed by atoms with Gasteiger partial charge in [-0.2, -0.15) is 0 Å². The van der Waals surface area contributed by atoms with Gasteiger partial charge in [0, 0.05) is 6.07 Å². The van der Waals surface area contributed by atoms with Crippen molar-refractivity contribution in [3.63, 3.8) is 0 Å². The van der Waals surface area contributed by atoms with Gasteiger partial charge in [0.25, 0.3) is 0 Å². The molecule has 58 valence electrons. The van der Waals surface area contributed by atoms with Gasteiger partial charge in [0.1, 0.15) is 11.5 Å². The van der Waals surface area contributed by atoms with Gasteiger partial charge in [0.15, 0.2) is 0 Å². The maximum absolute atomic E-state index is 10.3. The smallest absolute Gasteiger partial charge is 0.369 e. The van der Waals surface area contributed by atoms with Crippen molar-refractivity contribution in [2.75, 3.05) is 0 Å². The summed E-state index contributed by atoms with van der Waals surface area (Å²) in [5, 5.41) is 8.21. The second-order valence-corrected chi connectivity index (χ2v) is 2.23. The molecule has 1 N–H and O–H groups in total. The first kappa shape index (κ1) is 7.94. The highest BCUT2D eigenvalue weighted by atomic mass is 32.1. The second-order valence-electron chi connectivity index (χ2n) is 1.87. The second kappa shape index (κ2) is 3.30. The number of hydrogen-bond acceptors (Lipinski definition) is 3. The fourth-order valence-corrected chi connectivity index (χ4v) is 0.753. The van der Waals surface area contributed by atoms with Crippen LogP contribution >= 0.6 is 12.6 Å². The molecule has 0 saturated heterocycles. The molecule has 3 nitrogen and oxygen atoms in total. The zero-order valence-corrected chi connectivity index (χ0v) is 6.41. The molecule has 0 aromatic heterocycles. The Morgan fingerprint density at radius 3 is 2.82 bits per heavy atom. The minimum absolute atomic E-state index is 0.0529. The summed E-state index contributed by atoms with van der Waals surface area (Å²) in [6.45, 7) is 0. The molecular weight excluding hydrogens is 164 g/mol. The third-order valence-electron chi connectivity index (χ3n) is 1.02. The molecule has 0 atom stereocenters. The third kappa shape index (κ3) is 2.51. The zero-order valence-electron chi connectivity index (χ0n) is 5.52. The number of benzene rings is 1. The average Bonchev–Trinajstić information content (AvgIpc) is 1.85. The van der Waals surface area contributed by atoms with Crippen molar-refractivity contribution < 1.29 is 14.6 Å². The Labute approximate surface area is 69.0 Å². The Balaban J connectivity index is 2.79. The summed E-state index contributed by atoms with van der Waals surface area (Å²) in [5.41, 5.74) is 0. The summed E-state index contributed by atoms with van der Waals surface area (Å²) in [6.07, 6.45) is 0. The van der Waals surface area contributed by atoms with Crippen molar-refractivity contribution in [1.82, 2.24) is 0 Å². The van der Waals surface area contributed by atoms with Crippen LogP contribution in [0.1, 0.15) is 0 Å². The first-order valence-electron chi connectivity index (χ1n) is 2.88. The van der Waals surface area contributed by atoms with Crippen LogP contribution in [0.3, 0.4) is 0 Å². The minimum atomic E-state index is -0.699. The molecule has 0 fully saturated rings. The van der Waals surface area contributed by atoms with Gasteiger partial charge >= 0.3 is 5.30 Å². The van der Waals surface area contributed by atoms with Gasteiger partial charge in [-0.1, -0.05) is 18.7 Å². The van der Waals surface area contributed by atoms with E-state index in [9.17, 15) is 4.79 Å². The van der Waals surface area contributed by atoms with Crippen LogP contribution < -0.4 is 4.74 Å². The number of phenols is 1. The highest BCUT2D eigenvalue weighted by molar-refractivity contribution is 7.96. The number of phenolic OH excluding ortho intramolecular Hbond substituents is 1. The normalized spacial score (nSPS) is 9.18. The average molecular weight is 170 g/mol. The lowest BCUT2D eigenvalue weighted by molar-refractivity contribution is 0.227. The number of rotatable bonds is 1. The van der Waals surface area contributed by atoms with Crippen molar-refractivity contribution in [2.24, 2.45) is 0 Å². The molecule has 0 aliphatic carbocycles. The molecular formula is C7H6O3S. The van der Waals surface area contributed by atoms with Crippen LogP contribution in [0.5, 0.6) is 11.5 Å². The first-order valence-corrected chi connectivity index (χ1v) is 3.33. The molecule has 0 saturated carbocycles. The molecule has 4 heteroatoms. The lowest BCUT2D eigenvalue weighted by Gasteiger charge is -1.98. The van der Waals surface area contributed by atoms with Crippen LogP contribution in [-0.4, -0.2) is 10.4 Å². The van der Waals surface area contributed by atoms with Crippen molar-refractivity contribution in [3.8, 4) is 11.5 Å². The van der Waals surface area contributed by atoms with E-state index in [0.717, 1.165) is 0 Å². The van der Waals surface area contributed by atoms with Gasteiger partial charge in [-0.3, -0.25) is 0 Å². The molecule has 0 unspecified atom stereocenters. The fraction of sp³-hybridized carbons (Fsp3) is 0. The summed E-state index contributed by atoms with van der Waals surface area (Å²) in [5.74, 6) is 0.335. The molecule has 1 rings (SSSR count). The van der Waals surface area contributed by atoms with E-state index in [1.807, 2.05) is 0 Å². The lowest BCUT2D eigenvalue weighted by Crippen LogP contribution is -1.95. The van der Waals surface area contributed by atoms with E-state index in [1.165, 1.54) is 12.1 Å². The molecule has 1 aromatic rings. The van der Waals surface area contributed by atoms with Crippen molar-refractivity contribution in [2.45, 2.75) is 0 Å². The van der Waals surface area contributed by atoms with E-state index in [2.05, 4.69) is 17.4 Å². The number of ether oxygens (including phenoxy) is 1. The maximum atomic E-state index is 10.3. The highest BCUT2D eigenvalue weighted by Gasteiger charge is 1.97. The predicted molar refractivity (Wildman–Crippen MR) is 43.1 cm³/mol. The molecule has 0 radical (unpaired) electrons. The fourth-order valence-electron chi connectivity index (χ4n) is 0.648. The van der Waals surface area contributed by atoms with Gasteiger partial charge < -0.3 is 9.84 Å². The first-order chi connectivity index (χ1) is 5.18. The van der Waals surface area contributed by atoms with Crippen molar-refractivity contribution in [1.29, 1.82) is 0 Å². The highest BCUT2D eigenvalue weighted by Crippen LogP contribution is 2.17. The molecule has 0 heterocycles. The molecule has 11 heavy (non-hydrogen) atoms. The van der Waals surface area contributed by atoms with Crippen LogP contribution in [0, 0.1) is 0 Å². The summed E-state index contributed by atoms with van der Waals surface area (Å²) in [4.78, 5) is 10.3. The van der Waals surface area contributed by atoms with Gasteiger partial charge in [-0.05, 0) is 12.1 Å². The summed E-state index contributed by atoms with van der Waals surface area (Å²) >= 11 is 3.40. The Bertz CT molecular complexity index is 272. The predicted octanol–water partition coefficient (Wildman–Crippen LogP) is 1.82. The van der Waals surface area contributed by atoms with Crippen LogP contribution in [0.25, 0.3) is 0 Å². The van der Waals surface area contributed by atoms with Gasteiger partial charge in [0.05, 0.1) is 0 Å². The van der Waals surface area contributed by atoms with E-state index in [4.69, 9.17) is 5.11 Å². The lowest BCUT2D eigenvalue weighted by atomic mass is 10.3. The minimum Gasteiger partial charge on any atom is -0.508 e. The van der Waals surface area contributed by atoms with E-state index in [0.29, 0.717) is 0 Å². The maximum Gasteiger partial charge on any atom is 0.369 e. The van der Waals surface area contributed by atoms with Crippen molar-refractivity contribution >= 4 is 17.9 Å². The molecule has 0 bridgehead atoms. The molecule has 0 aliphatic heterocycles. The molecule has 0 spiro atoms. The Morgan fingerprint density at radius 2 is 2.27 bits per heavy atom. The van der Waals surface area contributed by atoms with Gasteiger partial charge in [-0.15, -0.1) is 0 Å². The van der Waals surface area contributed by atoms with E-state index < -0.39 is 5.30 Å². The summed E-state index contributed by atoms with van der Waals surface area (Å²) in [6, 6.07) is 5.93. The van der Waals surface area contributed by atoms with Crippen LogP contribution in [-0.2, 0) is 0 Å². The molecule has 0 amide bonds. The van der Waals surface area contributed by atoms with E-state index in [-0.39, 0.29) is 11.5 Å². The van der Waals surface area contributed by atoms with Crippen LogP contribution in [0.4, 0.5) is 4.79 Å². The molecule has 1 aromatic carbocycles. The monoisotopic (exact) mass is 170 g/mol. The number of thiol groups is 1. The summed E-state index contributed by atoms with van der Waals surface area (Å²) in [7, 11) is 0. The van der Waals surface area contributed by atoms with E-state index >= 15 is 0 Å². The van der Waals surface area contributed by atoms with E-state index in [1.54, 1.807) is 12.1 Å². The number of carbonyl (C=O) groups is 1. The number of aromatic hydroxyl groups is 1. The Morgan fingerprint density at radius 1 is 1.55 bits per heavy atom. The zero-order chi connectivity index (χ0) is 8.27. The standard InChI is InChI=1S/C7H6O3S/c8-5-2-1-3-6(4-5)10-7(9)11/h1-4,8H,(H,9,11). The van der Waals surface area contributed by atoms with Crippen molar-refractivity contribution in [3.05, 3.63) is 24.3 Å². The van der Waals surface area contributed by atoms with Gasteiger partial charge in [0.2, 0.25) is 0 Å². The molecule has 0 aliphatic rings. The van der Waals surface area contributed by atoms with Crippen LogP contribution in [0.15, 0.2) is 24.3 Å². The Kier molecular flexibility index (Phi) is 2.38. The number of carbonyl (C=O) groups excluding carboxylic acids is 1. The summed E-state index contributed by atoms with van der Waals surface area (Å²) < 4.78 is 4.56. The van der Waals surface area contributed by atoms with Gasteiger partial charge in [-0.25, -0.2) is 4.79 Å². The Hall–Kier alpha value is -1.16. The third-order valence-corrected chi connectivity index (χ3v) is 1.11. The quantitative estimate of drug-likeness (QED) is 0.499. The topological polar surface area (TPSA) is 46.5 Å². The van der Waals surface area contributed by atoms with Crippen LogP contribution in [0.2, 0.25) is 0 Å². The SMILES string of the molecule is O=C(S)Oc1cccc(O)c1. The largest absolute Gasteiger partial charge is 0.508 e.